The van der Waals surface area contributed by atoms with Gasteiger partial charge in [0.15, 0.2) is 0 Å². The summed E-state index contributed by atoms with van der Waals surface area (Å²) in [4.78, 5) is 27.4. The van der Waals surface area contributed by atoms with Gasteiger partial charge in [-0.05, 0) is 29.8 Å². The highest BCUT2D eigenvalue weighted by Crippen LogP contribution is 2.23. The van der Waals surface area contributed by atoms with E-state index in [2.05, 4.69) is 0 Å². The van der Waals surface area contributed by atoms with Crippen LogP contribution < -0.4 is 0 Å². The molecule has 0 aliphatic carbocycles. The van der Waals surface area contributed by atoms with E-state index in [1.54, 1.807) is 7.05 Å². The fraction of sp³-hybridized carbons (Fsp3) is 0.208. The average molecular weight is 438 g/mol. The second-order valence-corrected chi connectivity index (χ2v) is 7.83. The minimum atomic E-state index is -0.452. The van der Waals surface area contributed by atoms with Crippen molar-refractivity contribution in [1.82, 2.24) is 9.80 Å². The third-order valence-electron chi connectivity index (χ3n) is 4.87. The van der Waals surface area contributed by atoms with Gasteiger partial charge in [-0.15, -0.1) is 0 Å². The Bertz CT molecular complexity index is 987. The van der Waals surface area contributed by atoms with Crippen molar-refractivity contribution in [2.75, 3.05) is 13.6 Å². The molecule has 6 nitrogen and oxygen atoms in total. The fourth-order valence-corrected chi connectivity index (χ4v) is 3.49. The normalized spacial score (nSPS) is 10.8. The molecule has 0 bridgehead atoms. The molecule has 0 aliphatic heterocycles. The van der Waals surface area contributed by atoms with Crippen LogP contribution in [0.2, 0.25) is 5.02 Å². The molecule has 0 N–H and O–H groups in total. The van der Waals surface area contributed by atoms with Crippen LogP contribution in [-0.2, 0) is 24.4 Å². The van der Waals surface area contributed by atoms with Crippen LogP contribution in [0, 0.1) is 10.1 Å². The first-order chi connectivity index (χ1) is 14.9. The van der Waals surface area contributed by atoms with Gasteiger partial charge in [0.1, 0.15) is 0 Å². The lowest BCUT2D eigenvalue weighted by molar-refractivity contribution is -0.384. The molecule has 7 heteroatoms. The molecule has 0 aliphatic rings. The van der Waals surface area contributed by atoms with E-state index in [-0.39, 0.29) is 18.1 Å². The lowest BCUT2D eigenvalue weighted by Crippen LogP contribution is -2.38. The number of nitrogens with zero attached hydrogens (tertiary/aromatic N) is 3. The van der Waals surface area contributed by atoms with E-state index >= 15 is 0 Å². The summed E-state index contributed by atoms with van der Waals surface area (Å²) >= 11 is 6.21. The highest BCUT2D eigenvalue weighted by atomic mass is 35.5. The molecule has 0 saturated carbocycles. The summed E-state index contributed by atoms with van der Waals surface area (Å²) in [6, 6.07) is 24.1. The number of carbonyl (C=O) groups is 1. The molecule has 160 valence electrons. The number of benzene rings is 3. The molecule has 1 amide bonds. The topological polar surface area (TPSA) is 66.7 Å². The van der Waals surface area contributed by atoms with Gasteiger partial charge in [-0.1, -0.05) is 72.3 Å². The molecule has 0 radical (unpaired) electrons. The number of rotatable bonds is 9. The van der Waals surface area contributed by atoms with Crippen molar-refractivity contribution < 1.29 is 9.72 Å². The molecule has 3 aromatic rings. The van der Waals surface area contributed by atoms with E-state index in [0.29, 0.717) is 30.2 Å². The summed E-state index contributed by atoms with van der Waals surface area (Å²) in [5.41, 5.74) is 2.70. The molecule has 0 unspecified atom stereocenters. The number of carbonyl (C=O) groups excluding carboxylic acids is 1. The van der Waals surface area contributed by atoms with E-state index in [4.69, 9.17) is 11.6 Å². The summed E-state index contributed by atoms with van der Waals surface area (Å²) in [6.45, 7) is 1.50. The zero-order valence-corrected chi connectivity index (χ0v) is 18.0. The maximum atomic E-state index is 13.2. The molecular formula is C24H24ClN3O3. The number of hydrogen-bond donors (Lipinski definition) is 0. The summed E-state index contributed by atoms with van der Waals surface area (Å²) in [5.74, 6) is -0.0308. The minimum Gasteiger partial charge on any atom is -0.333 e. The van der Waals surface area contributed by atoms with E-state index in [0.717, 1.165) is 11.1 Å². The number of amides is 1. The second-order valence-electron chi connectivity index (χ2n) is 7.43. The van der Waals surface area contributed by atoms with Gasteiger partial charge in [-0.3, -0.25) is 19.8 Å². The van der Waals surface area contributed by atoms with Gasteiger partial charge in [0.05, 0.1) is 11.5 Å². The number of non-ortho nitro benzene ring substituents is 1. The van der Waals surface area contributed by atoms with Crippen molar-refractivity contribution in [3.8, 4) is 0 Å². The summed E-state index contributed by atoms with van der Waals surface area (Å²) in [5, 5.41) is 11.5. The SMILES string of the molecule is CN(CC(=O)N(Cc1ccccc1)Cc1ccccc1)Cc1cc([N+](=O)[O-])ccc1Cl. The van der Waals surface area contributed by atoms with Crippen LogP contribution >= 0.6 is 11.6 Å². The van der Waals surface area contributed by atoms with Crippen LogP contribution in [-0.4, -0.2) is 34.2 Å². The third-order valence-corrected chi connectivity index (χ3v) is 5.24. The smallest absolute Gasteiger partial charge is 0.269 e. The fourth-order valence-electron chi connectivity index (χ4n) is 3.31. The monoisotopic (exact) mass is 437 g/mol. The first-order valence-electron chi connectivity index (χ1n) is 9.89. The first kappa shape index (κ1) is 22.5. The van der Waals surface area contributed by atoms with Crippen LogP contribution in [0.4, 0.5) is 5.69 Å². The quantitative estimate of drug-likeness (QED) is 0.352. The predicted octanol–water partition coefficient (Wildman–Crippen LogP) is 4.91. The number of halogens is 1. The van der Waals surface area contributed by atoms with E-state index < -0.39 is 4.92 Å². The Morgan fingerprint density at radius 1 is 0.903 bits per heavy atom. The zero-order valence-electron chi connectivity index (χ0n) is 17.3. The summed E-state index contributed by atoms with van der Waals surface area (Å²) in [7, 11) is 1.80. The Hall–Kier alpha value is -3.22. The van der Waals surface area contributed by atoms with Gasteiger partial charge >= 0.3 is 0 Å². The molecule has 3 rings (SSSR count). The lowest BCUT2D eigenvalue weighted by Gasteiger charge is -2.26. The van der Waals surface area contributed by atoms with Gasteiger partial charge in [0.2, 0.25) is 5.91 Å². The minimum absolute atomic E-state index is 0.0195. The number of hydrogen-bond acceptors (Lipinski definition) is 4. The molecular weight excluding hydrogens is 414 g/mol. The van der Waals surface area contributed by atoms with Gasteiger partial charge in [0, 0.05) is 36.8 Å². The summed E-state index contributed by atoms with van der Waals surface area (Å²) < 4.78 is 0. The van der Waals surface area contributed by atoms with Crippen molar-refractivity contribution in [2.24, 2.45) is 0 Å². The average Bonchev–Trinajstić information content (AvgIpc) is 2.76. The van der Waals surface area contributed by atoms with Crippen LogP contribution in [0.25, 0.3) is 0 Å². The molecule has 0 atom stereocenters. The maximum absolute atomic E-state index is 13.2. The standard InChI is InChI=1S/C24H24ClN3O3/c1-26(17-21-14-22(28(30)31)12-13-23(21)25)18-24(29)27(15-19-8-4-2-5-9-19)16-20-10-6-3-7-11-20/h2-14H,15-18H2,1H3. The van der Waals surface area contributed by atoms with Crippen LogP contribution in [0.15, 0.2) is 78.9 Å². The Balaban J connectivity index is 1.71. The molecule has 3 aromatic carbocycles. The van der Waals surface area contributed by atoms with E-state index in [9.17, 15) is 14.9 Å². The Labute approximate surface area is 186 Å². The van der Waals surface area contributed by atoms with Crippen molar-refractivity contribution in [1.29, 1.82) is 0 Å². The van der Waals surface area contributed by atoms with Crippen LogP contribution in [0.5, 0.6) is 0 Å². The van der Waals surface area contributed by atoms with E-state index in [1.165, 1.54) is 18.2 Å². The zero-order chi connectivity index (χ0) is 22.2. The lowest BCUT2D eigenvalue weighted by atomic mass is 10.1. The van der Waals surface area contributed by atoms with Crippen molar-refractivity contribution in [3.63, 3.8) is 0 Å². The van der Waals surface area contributed by atoms with Crippen molar-refractivity contribution in [2.45, 2.75) is 19.6 Å². The van der Waals surface area contributed by atoms with Gasteiger partial charge < -0.3 is 4.90 Å². The number of nitro benzene ring substituents is 1. The first-order valence-corrected chi connectivity index (χ1v) is 10.3. The molecule has 0 heterocycles. The molecule has 0 fully saturated rings. The van der Waals surface area contributed by atoms with Gasteiger partial charge in [-0.25, -0.2) is 0 Å². The van der Waals surface area contributed by atoms with Crippen LogP contribution in [0.3, 0.4) is 0 Å². The summed E-state index contributed by atoms with van der Waals surface area (Å²) in [6.07, 6.45) is 0. The molecule has 31 heavy (non-hydrogen) atoms. The molecule has 0 saturated heterocycles. The van der Waals surface area contributed by atoms with E-state index in [1.807, 2.05) is 70.5 Å². The highest BCUT2D eigenvalue weighted by Gasteiger charge is 2.18. The van der Waals surface area contributed by atoms with Crippen molar-refractivity contribution >= 4 is 23.2 Å². The number of likely N-dealkylation sites (N-methyl/N-ethyl adjacent to an activating group) is 1. The van der Waals surface area contributed by atoms with Gasteiger partial charge in [-0.2, -0.15) is 0 Å². The van der Waals surface area contributed by atoms with Crippen LogP contribution in [0.1, 0.15) is 16.7 Å². The second kappa shape index (κ2) is 10.7. The Morgan fingerprint density at radius 2 is 1.45 bits per heavy atom. The Morgan fingerprint density at radius 3 is 1.97 bits per heavy atom. The predicted molar refractivity (Wildman–Crippen MR) is 122 cm³/mol. The van der Waals surface area contributed by atoms with Gasteiger partial charge in [0.25, 0.3) is 5.69 Å². The van der Waals surface area contributed by atoms with Crippen molar-refractivity contribution in [3.05, 3.63) is 111 Å². The molecule has 0 aromatic heterocycles. The highest BCUT2D eigenvalue weighted by molar-refractivity contribution is 6.31. The molecule has 0 spiro atoms. The third kappa shape index (κ3) is 6.64. The maximum Gasteiger partial charge on any atom is 0.269 e. The largest absolute Gasteiger partial charge is 0.333 e. The Kier molecular flexibility index (Phi) is 7.76. The number of nitro groups is 1.